The van der Waals surface area contributed by atoms with Gasteiger partial charge in [0.15, 0.2) is 0 Å². The van der Waals surface area contributed by atoms with Crippen molar-refractivity contribution >= 4 is 35.1 Å². The highest BCUT2D eigenvalue weighted by molar-refractivity contribution is 6.34. The third-order valence-electron chi connectivity index (χ3n) is 13.9. The standard InChI is InChI=1S/C38H52Cl2N4O3/c1-22(29-5-6-30-35-31(9-12-38(29,30)3)37(2)11-8-28(45)16-25(37)17-33(35)46)4-7-34(47)44-13-10-32-24(21-44)20-42-36(43-32)41-19-23-14-26(39)18-27(40)15-23/h14-15,18,20,22,25,28-31,33,35,45-46H,4-13,16-17,19,21H2,1-3H3,(H,41,42,43)/t22-,25+,28-,29-,30+,31+,33+,35+,37+,38-/m1/s1. The first kappa shape index (κ1) is 33.6. The maximum absolute atomic E-state index is 13.5. The van der Waals surface area contributed by atoms with Crippen LogP contribution in [0.1, 0.15) is 102 Å². The van der Waals surface area contributed by atoms with Gasteiger partial charge in [0.25, 0.3) is 0 Å². The zero-order valence-corrected chi connectivity index (χ0v) is 29.7. The summed E-state index contributed by atoms with van der Waals surface area (Å²) < 4.78 is 0. The van der Waals surface area contributed by atoms with Crippen molar-refractivity contribution < 1.29 is 15.0 Å². The quantitative estimate of drug-likeness (QED) is 0.277. The molecule has 1 aliphatic heterocycles. The van der Waals surface area contributed by atoms with E-state index in [1.807, 2.05) is 23.2 Å². The highest BCUT2D eigenvalue weighted by Crippen LogP contribution is 2.68. The van der Waals surface area contributed by atoms with Crippen molar-refractivity contribution in [2.75, 3.05) is 11.9 Å². The van der Waals surface area contributed by atoms with E-state index in [9.17, 15) is 15.0 Å². The van der Waals surface area contributed by atoms with E-state index < -0.39 is 0 Å². The maximum Gasteiger partial charge on any atom is 0.223 e. The van der Waals surface area contributed by atoms with Crippen LogP contribution in [-0.4, -0.2) is 49.7 Å². The number of hydrogen-bond acceptors (Lipinski definition) is 6. The van der Waals surface area contributed by atoms with Crippen molar-refractivity contribution in [3.05, 3.63) is 51.3 Å². The minimum Gasteiger partial charge on any atom is -0.393 e. The zero-order valence-electron chi connectivity index (χ0n) is 28.2. The lowest BCUT2D eigenvalue weighted by Crippen LogP contribution is -2.58. The van der Waals surface area contributed by atoms with E-state index >= 15 is 0 Å². The summed E-state index contributed by atoms with van der Waals surface area (Å²) in [5, 5.41) is 26.4. The van der Waals surface area contributed by atoms with E-state index in [1.54, 1.807) is 6.07 Å². The van der Waals surface area contributed by atoms with Crippen LogP contribution in [0, 0.1) is 46.3 Å². The van der Waals surface area contributed by atoms with Gasteiger partial charge in [-0.3, -0.25) is 4.79 Å². The number of nitrogens with zero attached hydrogens (tertiary/aromatic N) is 3. The minimum absolute atomic E-state index is 0.194. The largest absolute Gasteiger partial charge is 0.393 e. The Morgan fingerprint density at radius 1 is 1.04 bits per heavy atom. The van der Waals surface area contributed by atoms with Crippen LogP contribution in [0.25, 0.3) is 0 Å². The topological polar surface area (TPSA) is 98.6 Å². The molecule has 1 aromatic carbocycles. The van der Waals surface area contributed by atoms with Crippen molar-refractivity contribution in [3.63, 3.8) is 0 Å². The van der Waals surface area contributed by atoms with Crippen molar-refractivity contribution in [1.82, 2.24) is 14.9 Å². The highest BCUT2D eigenvalue weighted by Gasteiger charge is 2.62. The Morgan fingerprint density at radius 3 is 2.57 bits per heavy atom. The molecule has 9 heteroatoms. The van der Waals surface area contributed by atoms with Crippen LogP contribution in [0.5, 0.6) is 0 Å². The number of rotatable bonds is 7. The number of benzene rings is 1. The van der Waals surface area contributed by atoms with Crippen molar-refractivity contribution in [2.24, 2.45) is 46.3 Å². The lowest BCUT2D eigenvalue weighted by molar-refractivity contribution is -0.174. The number of aliphatic hydroxyl groups excluding tert-OH is 2. The third-order valence-corrected chi connectivity index (χ3v) is 14.3. The number of hydrogen-bond donors (Lipinski definition) is 3. The van der Waals surface area contributed by atoms with E-state index in [4.69, 9.17) is 28.2 Å². The smallest absolute Gasteiger partial charge is 0.223 e. The summed E-state index contributed by atoms with van der Waals surface area (Å²) in [6.07, 6.45) is 12.2. The van der Waals surface area contributed by atoms with E-state index in [0.717, 1.165) is 55.3 Å². The summed E-state index contributed by atoms with van der Waals surface area (Å²) in [6.45, 7) is 9.14. The number of aromatic nitrogens is 2. The first-order valence-electron chi connectivity index (χ1n) is 18.1. The van der Waals surface area contributed by atoms with Gasteiger partial charge in [-0.25, -0.2) is 9.97 Å². The van der Waals surface area contributed by atoms with Crippen LogP contribution >= 0.6 is 23.2 Å². The van der Waals surface area contributed by atoms with Crippen molar-refractivity contribution in [2.45, 2.75) is 117 Å². The summed E-state index contributed by atoms with van der Waals surface area (Å²) in [5.74, 6) is 3.82. The molecule has 2 heterocycles. The molecule has 7 nitrogen and oxygen atoms in total. The Hall–Kier alpha value is -1.93. The molecule has 0 bridgehead atoms. The molecule has 4 fully saturated rings. The van der Waals surface area contributed by atoms with Gasteiger partial charge >= 0.3 is 0 Å². The van der Waals surface area contributed by atoms with Gasteiger partial charge in [0.05, 0.1) is 17.9 Å². The Labute approximate surface area is 290 Å². The fourth-order valence-corrected chi connectivity index (χ4v) is 12.0. The number of carbonyl (C=O) groups excluding carboxylic acids is 1. The Bertz CT molecular complexity index is 1470. The molecule has 3 N–H and O–H groups in total. The van der Waals surface area contributed by atoms with Gasteiger partial charge in [0, 0.05) is 54.3 Å². The van der Waals surface area contributed by atoms with E-state index in [1.165, 1.54) is 25.7 Å². The number of amides is 1. The molecule has 4 saturated carbocycles. The molecule has 0 spiro atoms. The molecule has 0 radical (unpaired) electrons. The molecule has 5 aliphatic rings. The van der Waals surface area contributed by atoms with E-state index in [0.29, 0.717) is 77.6 Å². The van der Waals surface area contributed by atoms with Crippen molar-refractivity contribution in [3.8, 4) is 0 Å². The van der Waals surface area contributed by atoms with Crippen molar-refractivity contribution in [1.29, 1.82) is 0 Å². The Morgan fingerprint density at radius 2 is 1.79 bits per heavy atom. The summed E-state index contributed by atoms with van der Waals surface area (Å²) in [6, 6.07) is 5.46. The van der Waals surface area contributed by atoms with Gasteiger partial charge in [-0.1, -0.05) is 44.0 Å². The molecule has 1 aromatic heterocycles. The van der Waals surface area contributed by atoms with Crippen LogP contribution in [-0.2, 0) is 24.3 Å². The molecule has 0 unspecified atom stereocenters. The molecule has 0 saturated heterocycles. The molecule has 47 heavy (non-hydrogen) atoms. The van der Waals surface area contributed by atoms with Gasteiger partial charge in [-0.2, -0.15) is 0 Å². The van der Waals surface area contributed by atoms with Gasteiger partial charge in [-0.15, -0.1) is 0 Å². The predicted octanol–water partition coefficient (Wildman–Crippen LogP) is 7.69. The zero-order chi connectivity index (χ0) is 33.1. The average Bonchev–Trinajstić information content (AvgIpc) is 3.39. The lowest BCUT2D eigenvalue weighted by Gasteiger charge is -2.62. The number of halogens is 2. The first-order chi connectivity index (χ1) is 22.4. The molecule has 2 aromatic rings. The second-order valence-electron chi connectivity index (χ2n) is 16.3. The van der Waals surface area contributed by atoms with Crippen LogP contribution in [0.3, 0.4) is 0 Å². The monoisotopic (exact) mass is 682 g/mol. The molecule has 4 aliphatic carbocycles. The second-order valence-corrected chi connectivity index (χ2v) is 17.2. The van der Waals surface area contributed by atoms with Gasteiger partial charge in [-0.05, 0) is 128 Å². The van der Waals surface area contributed by atoms with Gasteiger partial charge < -0.3 is 20.4 Å². The van der Waals surface area contributed by atoms with Gasteiger partial charge in [0.1, 0.15) is 0 Å². The van der Waals surface area contributed by atoms with Crippen LogP contribution in [0.2, 0.25) is 10.0 Å². The number of nitrogens with one attached hydrogen (secondary N) is 1. The van der Waals surface area contributed by atoms with Crippen LogP contribution in [0.15, 0.2) is 24.4 Å². The van der Waals surface area contributed by atoms with E-state index in [-0.39, 0.29) is 28.9 Å². The molecule has 10 atom stereocenters. The number of aliphatic hydroxyl groups is 2. The third kappa shape index (κ3) is 6.32. The fraction of sp³-hybridized carbons (Fsp3) is 0.711. The average molecular weight is 684 g/mol. The highest BCUT2D eigenvalue weighted by atomic mass is 35.5. The molecule has 7 rings (SSSR count). The Kier molecular flexibility index (Phi) is 9.34. The normalized spacial score (nSPS) is 36.9. The van der Waals surface area contributed by atoms with Gasteiger partial charge in [0.2, 0.25) is 11.9 Å². The molecular formula is C38H52Cl2N4O3. The van der Waals surface area contributed by atoms with Crippen LogP contribution < -0.4 is 5.32 Å². The molecule has 1 amide bonds. The number of anilines is 1. The summed E-state index contributed by atoms with van der Waals surface area (Å²) in [4.78, 5) is 24.8. The molecule has 256 valence electrons. The second kappa shape index (κ2) is 13.1. The fourth-order valence-electron chi connectivity index (χ4n) is 11.4. The maximum atomic E-state index is 13.5. The number of carbonyl (C=O) groups is 1. The SMILES string of the molecule is C[C@H](CCC(=O)N1CCc2nc(NCc3cc(Cl)cc(Cl)c3)ncc2C1)[C@H]1CC[C@H]2[C@@H]3[C@@H](O)C[C@@H]4C[C@H](O)CC[C@]4(C)[C@H]3CC[C@]12C. The lowest BCUT2D eigenvalue weighted by atomic mass is 9.43. The minimum atomic E-state index is -0.247. The summed E-state index contributed by atoms with van der Waals surface area (Å²) >= 11 is 12.3. The molecular weight excluding hydrogens is 631 g/mol. The summed E-state index contributed by atoms with van der Waals surface area (Å²) in [5.41, 5.74) is 3.46. The van der Waals surface area contributed by atoms with E-state index in [2.05, 4.69) is 31.1 Å². The number of fused-ring (bicyclic) bond motifs is 6. The first-order valence-corrected chi connectivity index (χ1v) is 18.9. The van der Waals surface area contributed by atoms with Crippen LogP contribution in [0.4, 0.5) is 5.95 Å². The predicted molar refractivity (Wildman–Crippen MR) is 186 cm³/mol. The summed E-state index contributed by atoms with van der Waals surface area (Å²) in [7, 11) is 0. The Balaban J connectivity index is 0.934.